The van der Waals surface area contributed by atoms with E-state index in [1.54, 1.807) is 18.2 Å². The molecule has 0 spiro atoms. The molecule has 0 unspecified atom stereocenters. The summed E-state index contributed by atoms with van der Waals surface area (Å²) in [6.45, 7) is 6.45. The second kappa shape index (κ2) is 9.43. The van der Waals surface area contributed by atoms with Crippen molar-refractivity contribution in [2.24, 2.45) is 0 Å². The monoisotopic (exact) mass is 456 g/mol. The standard InChI is InChI=1S/C28H28N2O4/c1-6-29(20-10-8-7-9-11-20)26-25(24-13-12-18(2)14-19(24)3)27(31)30(28(26)32)21-15-22(33-4)17-23(16-21)34-5/h7-17H,6H2,1-5H3. The molecule has 0 radical (unpaired) electrons. The van der Waals surface area contributed by atoms with Gasteiger partial charge in [-0.25, -0.2) is 4.90 Å². The number of likely N-dealkylation sites (N-methyl/N-ethyl adjacent to an activating group) is 1. The van der Waals surface area contributed by atoms with E-state index >= 15 is 0 Å². The maximum absolute atomic E-state index is 14.0. The van der Waals surface area contributed by atoms with E-state index in [1.165, 1.54) is 19.1 Å². The highest BCUT2D eigenvalue weighted by Crippen LogP contribution is 2.39. The number of methoxy groups -OCH3 is 2. The molecule has 1 aliphatic rings. The number of carbonyl (C=O) groups excluding carboxylic acids is 2. The molecule has 0 aliphatic carbocycles. The van der Waals surface area contributed by atoms with Crippen molar-refractivity contribution in [2.75, 3.05) is 30.6 Å². The number of benzene rings is 3. The Hall–Kier alpha value is -4.06. The summed E-state index contributed by atoms with van der Waals surface area (Å²) in [4.78, 5) is 31.0. The Kier molecular flexibility index (Phi) is 6.41. The normalized spacial score (nSPS) is 13.5. The first kappa shape index (κ1) is 23.1. The van der Waals surface area contributed by atoms with Gasteiger partial charge in [0.1, 0.15) is 17.2 Å². The minimum absolute atomic E-state index is 0.354. The minimum Gasteiger partial charge on any atom is -0.497 e. The van der Waals surface area contributed by atoms with Crippen LogP contribution in [0.2, 0.25) is 0 Å². The summed E-state index contributed by atoms with van der Waals surface area (Å²) in [6, 6.07) is 20.6. The van der Waals surface area contributed by atoms with E-state index in [9.17, 15) is 9.59 Å². The van der Waals surface area contributed by atoms with Gasteiger partial charge < -0.3 is 14.4 Å². The molecule has 6 heteroatoms. The van der Waals surface area contributed by atoms with E-state index in [0.29, 0.717) is 35.0 Å². The number of hydrogen-bond donors (Lipinski definition) is 0. The maximum atomic E-state index is 14.0. The number of carbonyl (C=O) groups is 2. The van der Waals surface area contributed by atoms with Gasteiger partial charge in [0, 0.05) is 30.4 Å². The Bertz CT molecular complexity index is 1260. The van der Waals surface area contributed by atoms with Crippen LogP contribution in [0, 0.1) is 13.8 Å². The Balaban J connectivity index is 1.94. The number of imide groups is 1. The number of para-hydroxylation sites is 1. The van der Waals surface area contributed by atoms with E-state index in [1.807, 2.05) is 74.2 Å². The molecule has 0 fully saturated rings. The fraction of sp³-hybridized carbons (Fsp3) is 0.214. The largest absolute Gasteiger partial charge is 0.497 e. The number of rotatable bonds is 7. The SMILES string of the molecule is CCN(C1=C(c2ccc(C)cc2C)C(=O)N(c2cc(OC)cc(OC)c2)C1=O)c1ccccc1. The molecule has 0 saturated heterocycles. The highest BCUT2D eigenvalue weighted by atomic mass is 16.5. The van der Waals surface area contributed by atoms with E-state index in [2.05, 4.69) is 0 Å². The van der Waals surface area contributed by atoms with Gasteiger partial charge in [-0.3, -0.25) is 9.59 Å². The molecule has 3 aromatic carbocycles. The van der Waals surface area contributed by atoms with E-state index in [4.69, 9.17) is 9.47 Å². The van der Waals surface area contributed by atoms with Crippen LogP contribution in [0.1, 0.15) is 23.6 Å². The third kappa shape index (κ3) is 4.03. The lowest BCUT2D eigenvalue weighted by Crippen LogP contribution is -2.35. The molecule has 6 nitrogen and oxygen atoms in total. The lowest BCUT2D eigenvalue weighted by molar-refractivity contribution is -0.120. The van der Waals surface area contributed by atoms with Crippen molar-refractivity contribution < 1.29 is 19.1 Å². The molecule has 174 valence electrons. The Labute approximate surface area is 200 Å². The van der Waals surface area contributed by atoms with E-state index < -0.39 is 0 Å². The van der Waals surface area contributed by atoms with E-state index in [-0.39, 0.29) is 11.8 Å². The predicted molar refractivity (Wildman–Crippen MR) is 134 cm³/mol. The second-order valence-corrected chi connectivity index (χ2v) is 8.14. The van der Waals surface area contributed by atoms with Gasteiger partial charge >= 0.3 is 0 Å². The van der Waals surface area contributed by atoms with Crippen LogP contribution < -0.4 is 19.3 Å². The number of anilines is 2. The van der Waals surface area contributed by atoms with Crippen LogP contribution in [0.3, 0.4) is 0 Å². The lowest BCUT2D eigenvalue weighted by Gasteiger charge is -2.25. The van der Waals surface area contributed by atoms with Crippen molar-refractivity contribution in [1.29, 1.82) is 0 Å². The number of amides is 2. The fourth-order valence-electron chi connectivity index (χ4n) is 4.34. The molecule has 0 bridgehead atoms. The first-order valence-corrected chi connectivity index (χ1v) is 11.2. The lowest BCUT2D eigenvalue weighted by atomic mass is 9.97. The second-order valence-electron chi connectivity index (χ2n) is 8.14. The highest BCUT2D eigenvalue weighted by molar-refractivity contribution is 6.46. The molecule has 34 heavy (non-hydrogen) atoms. The summed E-state index contributed by atoms with van der Waals surface area (Å²) in [5.74, 6) is 0.219. The molecule has 0 N–H and O–H groups in total. The van der Waals surface area contributed by atoms with Crippen LogP contribution >= 0.6 is 0 Å². The zero-order chi connectivity index (χ0) is 24.4. The summed E-state index contributed by atoms with van der Waals surface area (Å²) in [6.07, 6.45) is 0. The third-order valence-corrected chi connectivity index (χ3v) is 5.96. The topological polar surface area (TPSA) is 59.1 Å². The highest BCUT2D eigenvalue weighted by Gasteiger charge is 2.43. The van der Waals surface area contributed by atoms with Crippen molar-refractivity contribution in [1.82, 2.24) is 0 Å². The van der Waals surface area contributed by atoms with Gasteiger partial charge in [-0.05, 0) is 44.0 Å². The molecule has 3 aromatic rings. The van der Waals surface area contributed by atoms with Crippen LogP contribution in [-0.2, 0) is 9.59 Å². The molecule has 1 heterocycles. The van der Waals surface area contributed by atoms with Crippen LogP contribution in [0.15, 0.2) is 72.4 Å². The van der Waals surface area contributed by atoms with Crippen molar-refractivity contribution >= 4 is 28.8 Å². The van der Waals surface area contributed by atoms with Gasteiger partial charge in [0.05, 0.1) is 25.5 Å². The van der Waals surface area contributed by atoms with Gasteiger partial charge in [-0.15, -0.1) is 0 Å². The van der Waals surface area contributed by atoms with Crippen molar-refractivity contribution in [3.8, 4) is 11.5 Å². The molecular formula is C28H28N2O4. The summed E-state index contributed by atoms with van der Waals surface area (Å²) >= 11 is 0. The molecule has 0 aromatic heterocycles. The van der Waals surface area contributed by atoms with E-state index in [0.717, 1.165) is 22.4 Å². The molecule has 1 aliphatic heterocycles. The van der Waals surface area contributed by atoms with Gasteiger partial charge in [-0.1, -0.05) is 42.0 Å². The van der Waals surface area contributed by atoms with Crippen LogP contribution in [0.25, 0.3) is 5.57 Å². The Morgan fingerprint density at radius 1 is 0.824 bits per heavy atom. The fourth-order valence-corrected chi connectivity index (χ4v) is 4.34. The first-order chi connectivity index (χ1) is 16.4. The average molecular weight is 457 g/mol. The predicted octanol–water partition coefficient (Wildman–Crippen LogP) is 5.13. The number of aryl methyl sites for hydroxylation is 2. The molecule has 0 saturated carbocycles. The van der Waals surface area contributed by atoms with Gasteiger partial charge in [0.15, 0.2) is 0 Å². The average Bonchev–Trinajstić information content (AvgIpc) is 3.09. The van der Waals surface area contributed by atoms with Crippen molar-refractivity contribution in [2.45, 2.75) is 20.8 Å². The van der Waals surface area contributed by atoms with Crippen LogP contribution in [0.4, 0.5) is 11.4 Å². The Morgan fingerprint density at radius 2 is 1.47 bits per heavy atom. The van der Waals surface area contributed by atoms with Gasteiger partial charge in [0.25, 0.3) is 11.8 Å². The smallest absolute Gasteiger partial charge is 0.282 e. The number of ether oxygens (including phenoxy) is 2. The quantitative estimate of drug-likeness (QED) is 0.461. The summed E-state index contributed by atoms with van der Waals surface area (Å²) in [7, 11) is 3.07. The summed E-state index contributed by atoms with van der Waals surface area (Å²) in [5, 5.41) is 0. The number of nitrogens with zero attached hydrogens (tertiary/aromatic N) is 2. The maximum Gasteiger partial charge on any atom is 0.282 e. The zero-order valence-corrected chi connectivity index (χ0v) is 20.1. The molecule has 0 atom stereocenters. The Morgan fingerprint density at radius 3 is 2.03 bits per heavy atom. The third-order valence-electron chi connectivity index (χ3n) is 5.96. The van der Waals surface area contributed by atoms with Crippen LogP contribution in [-0.4, -0.2) is 32.6 Å². The molecular weight excluding hydrogens is 428 g/mol. The molecule has 4 rings (SSSR count). The zero-order valence-electron chi connectivity index (χ0n) is 20.1. The number of hydrogen-bond acceptors (Lipinski definition) is 5. The van der Waals surface area contributed by atoms with Crippen molar-refractivity contribution in [3.63, 3.8) is 0 Å². The first-order valence-electron chi connectivity index (χ1n) is 11.2. The minimum atomic E-state index is -0.388. The van der Waals surface area contributed by atoms with Crippen LogP contribution in [0.5, 0.6) is 11.5 Å². The summed E-state index contributed by atoms with van der Waals surface area (Å²) < 4.78 is 10.8. The van der Waals surface area contributed by atoms with Crippen molar-refractivity contribution in [3.05, 3.63) is 89.1 Å². The summed E-state index contributed by atoms with van der Waals surface area (Å²) in [5.41, 5.74) is 4.74. The van der Waals surface area contributed by atoms with Gasteiger partial charge in [0.2, 0.25) is 0 Å². The molecule has 2 amide bonds. The van der Waals surface area contributed by atoms with Gasteiger partial charge in [-0.2, -0.15) is 0 Å².